The van der Waals surface area contributed by atoms with Gasteiger partial charge in [-0.05, 0) is 89.7 Å². The van der Waals surface area contributed by atoms with Crippen LogP contribution in [0.2, 0.25) is 0 Å². The fraction of sp³-hybridized carbons (Fsp3) is 0.0417. The van der Waals surface area contributed by atoms with Crippen molar-refractivity contribution >= 4 is 27.5 Å². The van der Waals surface area contributed by atoms with Gasteiger partial charge in [0, 0.05) is 38.7 Å². The van der Waals surface area contributed by atoms with E-state index in [4.69, 9.17) is 9.47 Å². The first-order chi connectivity index (χ1) is 25.3. The van der Waals surface area contributed by atoms with Crippen LogP contribution in [0.3, 0.4) is 0 Å². The van der Waals surface area contributed by atoms with Crippen molar-refractivity contribution in [2.45, 2.75) is 12.8 Å². The van der Waals surface area contributed by atoms with Gasteiger partial charge in [0.25, 0.3) is 0 Å². The van der Waals surface area contributed by atoms with E-state index in [0.717, 1.165) is 80.3 Å². The molecular formula is C48H33NO2. The highest BCUT2D eigenvalue weighted by Crippen LogP contribution is 2.50. The molecule has 0 unspecified atom stereocenters. The largest absolute Gasteiger partial charge is 0.456 e. The van der Waals surface area contributed by atoms with Crippen molar-refractivity contribution in [3.8, 4) is 67.5 Å². The number of fused-ring (bicyclic) bond motifs is 9. The summed E-state index contributed by atoms with van der Waals surface area (Å²) in [6, 6.07) is 55.4. The Balaban J connectivity index is 1.18. The molecule has 0 amide bonds. The minimum absolute atomic E-state index is 0.773. The smallest absolute Gasteiger partial charge is 0.136 e. The summed E-state index contributed by atoms with van der Waals surface area (Å²) in [6.45, 7) is 0. The van der Waals surface area contributed by atoms with E-state index in [1.807, 2.05) is 30.3 Å². The number of ether oxygens (including phenoxy) is 2. The van der Waals surface area contributed by atoms with Gasteiger partial charge in [0.1, 0.15) is 23.0 Å². The molecule has 2 heterocycles. The maximum absolute atomic E-state index is 7.12. The van der Waals surface area contributed by atoms with E-state index in [2.05, 4.69) is 150 Å². The van der Waals surface area contributed by atoms with Crippen LogP contribution in [-0.4, -0.2) is 4.57 Å². The summed E-state index contributed by atoms with van der Waals surface area (Å²) < 4.78 is 16.3. The second-order valence-corrected chi connectivity index (χ2v) is 13.1. The van der Waals surface area contributed by atoms with Gasteiger partial charge < -0.3 is 14.0 Å². The van der Waals surface area contributed by atoms with Crippen molar-refractivity contribution < 1.29 is 9.47 Å². The molecular weight excluding hydrogens is 623 g/mol. The van der Waals surface area contributed by atoms with Crippen LogP contribution in [0.5, 0.6) is 23.0 Å². The van der Waals surface area contributed by atoms with Crippen molar-refractivity contribution in [2.75, 3.05) is 0 Å². The number of benzene rings is 7. The first-order valence-corrected chi connectivity index (χ1v) is 17.6. The molecule has 1 aromatic heterocycles. The summed E-state index contributed by atoms with van der Waals surface area (Å²) >= 11 is 0. The number of hydrogen-bond acceptors (Lipinski definition) is 2. The van der Waals surface area contributed by atoms with Crippen LogP contribution < -0.4 is 9.47 Å². The first-order valence-electron chi connectivity index (χ1n) is 17.6. The van der Waals surface area contributed by atoms with Crippen LogP contribution in [-0.2, 0) is 0 Å². The molecule has 0 N–H and O–H groups in total. The summed E-state index contributed by atoms with van der Waals surface area (Å²) in [6.07, 6.45) is 9.02. The van der Waals surface area contributed by atoms with Crippen molar-refractivity contribution in [3.63, 3.8) is 0 Å². The zero-order valence-corrected chi connectivity index (χ0v) is 27.9. The van der Waals surface area contributed by atoms with Gasteiger partial charge in [-0.2, -0.15) is 0 Å². The quantitative estimate of drug-likeness (QED) is 0.189. The third-order valence-electron chi connectivity index (χ3n) is 10.1. The molecule has 0 radical (unpaired) electrons. The predicted octanol–water partition coefficient (Wildman–Crippen LogP) is 13.6. The molecule has 10 rings (SSSR count). The minimum Gasteiger partial charge on any atom is -0.456 e. The van der Waals surface area contributed by atoms with Crippen LogP contribution >= 0.6 is 0 Å². The van der Waals surface area contributed by atoms with Gasteiger partial charge >= 0.3 is 0 Å². The Morgan fingerprint density at radius 3 is 1.92 bits per heavy atom. The zero-order valence-electron chi connectivity index (χ0n) is 27.9. The molecule has 0 saturated carbocycles. The van der Waals surface area contributed by atoms with E-state index in [1.165, 1.54) is 27.5 Å². The van der Waals surface area contributed by atoms with Crippen molar-refractivity contribution in [3.05, 3.63) is 176 Å². The highest BCUT2D eigenvalue weighted by molar-refractivity contribution is 6.11. The summed E-state index contributed by atoms with van der Waals surface area (Å²) in [5, 5.41) is 2.48. The Bertz CT molecular complexity index is 2700. The lowest BCUT2D eigenvalue weighted by Gasteiger charge is -2.23. The molecule has 0 bridgehead atoms. The van der Waals surface area contributed by atoms with Crippen LogP contribution in [0.1, 0.15) is 12.8 Å². The van der Waals surface area contributed by atoms with E-state index in [0.29, 0.717) is 0 Å². The van der Waals surface area contributed by atoms with E-state index >= 15 is 0 Å². The highest BCUT2D eigenvalue weighted by atomic mass is 16.5. The highest BCUT2D eigenvalue weighted by Gasteiger charge is 2.23. The fourth-order valence-electron chi connectivity index (χ4n) is 7.73. The topological polar surface area (TPSA) is 23.4 Å². The Labute approximate surface area is 297 Å². The Hall–Kier alpha value is -6.58. The average molecular weight is 656 g/mol. The Morgan fingerprint density at radius 1 is 0.412 bits per heavy atom. The van der Waals surface area contributed by atoms with Gasteiger partial charge in [-0.15, -0.1) is 0 Å². The standard InChI is InChI=1S/C48H33NO2/c1-3-14-32(15-4-1)36-21-13-25-46-48(36)40-20-9-12-24-45(40)50-44-23-11-8-19-38(44)39-28-26-34(31-47(39)51-46)33-27-29-43-41(30-33)37-18-7-10-22-42(37)49(43)35-16-5-2-6-17-35/h1,3-5,7-31H,2,6H2. The summed E-state index contributed by atoms with van der Waals surface area (Å²) in [4.78, 5) is 0. The molecule has 242 valence electrons. The number of hydrogen-bond donors (Lipinski definition) is 0. The monoisotopic (exact) mass is 655 g/mol. The zero-order chi connectivity index (χ0) is 33.7. The maximum atomic E-state index is 7.12. The molecule has 51 heavy (non-hydrogen) atoms. The van der Waals surface area contributed by atoms with Crippen LogP contribution in [0.4, 0.5) is 0 Å². The SMILES string of the molecule is C1=CC(n2c3ccccc3c3cc(-c4ccc5c(c4)Oc4cccc(-c6ccccc6)c4-c4ccccc4Oc4ccccc4-5)ccc32)=CCC1. The second-order valence-electron chi connectivity index (χ2n) is 13.1. The minimum atomic E-state index is 0.773. The third-order valence-corrected chi connectivity index (χ3v) is 10.1. The summed E-state index contributed by atoms with van der Waals surface area (Å²) in [7, 11) is 0. The van der Waals surface area contributed by atoms with E-state index < -0.39 is 0 Å². The fourth-order valence-corrected chi connectivity index (χ4v) is 7.73. The third kappa shape index (κ3) is 4.97. The molecule has 7 aromatic carbocycles. The normalized spacial score (nSPS) is 13.3. The maximum Gasteiger partial charge on any atom is 0.136 e. The van der Waals surface area contributed by atoms with Gasteiger partial charge in [0.15, 0.2) is 0 Å². The molecule has 0 spiro atoms. The van der Waals surface area contributed by atoms with Gasteiger partial charge in [-0.1, -0.05) is 121 Å². The number of allylic oxidation sites excluding steroid dienone is 4. The lowest BCUT2D eigenvalue weighted by atomic mass is 9.92. The van der Waals surface area contributed by atoms with Gasteiger partial charge in [0.2, 0.25) is 0 Å². The Morgan fingerprint density at radius 2 is 1.06 bits per heavy atom. The number of nitrogens with zero attached hydrogens (tertiary/aromatic N) is 1. The number of para-hydroxylation sites is 3. The average Bonchev–Trinajstić information content (AvgIpc) is 3.53. The Kier molecular flexibility index (Phi) is 6.95. The number of aromatic nitrogens is 1. The van der Waals surface area contributed by atoms with Crippen molar-refractivity contribution in [1.82, 2.24) is 4.57 Å². The molecule has 3 heteroatoms. The molecule has 0 atom stereocenters. The van der Waals surface area contributed by atoms with Gasteiger partial charge in [-0.3, -0.25) is 0 Å². The number of rotatable bonds is 3. The lowest BCUT2D eigenvalue weighted by molar-refractivity contribution is 0.472. The lowest BCUT2D eigenvalue weighted by Crippen LogP contribution is -1.99. The van der Waals surface area contributed by atoms with Crippen LogP contribution in [0, 0.1) is 0 Å². The van der Waals surface area contributed by atoms with E-state index in [1.54, 1.807) is 0 Å². The molecule has 0 saturated heterocycles. The molecule has 0 fully saturated rings. The van der Waals surface area contributed by atoms with Crippen molar-refractivity contribution in [1.29, 1.82) is 0 Å². The van der Waals surface area contributed by atoms with E-state index in [-0.39, 0.29) is 0 Å². The van der Waals surface area contributed by atoms with Gasteiger partial charge in [-0.25, -0.2) is 0 Å². The second kappa shape index (κ2) is 12.1. The van der Waals surface area contributed by atoms with E-state index in [9.17, 15) is 0 Å². The molecule has 3 nitrogen and oxygen atoms in total. The van der Waals surface area contributed by atoms with Crippen LogP contribution in [0.25, 0.3) is 72.0 Å². The summed E-state index contributed by atoms with van der Waals surface area (Å²) in [5.74, 6) is 3.11. The molecule has 2 aliphatic rings. The molecule has 1 aliphatic heterocycles. The van der Waals surface area contributed by atoms with Crippen molar-refractivity contribution in [2.24, 2.45) is 0 Å². The van der Waals surface area contributed by atoms with Gasteiger partial charge in [0.05, 0.1) is 11.0 Å². The predicted molar refractivity (Wildman–Crippen MR) is 210 cm³/mol. The first kappa shape index (κ1) is 29.3. The summed E-state index contributed by atoms with van der Waals surface area (Å²) in [5.41, 5.74) is 12.0. The molecule has 8 aromatic rings. The van der Waals surface area contributed by atoms with Crippen LogP contribution in [0.15, 0.2) is 176 Å². The molecule has 1 aliphatic carbocycles.